The molecule has 0 heterocycles. The molecule has 1 atom stereocenters. The van der Waals surface area contributed by atoms with E-state index >= 15 is 0 Å². The summed E-state index contributed by atoms with van der Waals surface area (Å²) < 4.78 is 0. The predicted molar refractivity (Wildman–Crippen MR) is 67.4 cm³/mol. The molecule has 0 saturated carbocycles. The number of nitrogens with one attached hydrogen (secondary N) is 1. The number of anilines is 1. The number of nitrogens with zero attached hydrogens (tertiary/aromatic N) is 1. The standard InChI is InChI=1S/C12H14N2OS/c1-8(2)11(16)12(15)14-10-5-3-4-9(6-10)7-13/h3-6,8,11,16H,1-2H3,(H,14,15). The predicted octanol–water partition coefficient (Wildman–Crippen LogP) is 2.45. The molecule has 0 aromatic heterocycles. The van der Waals surface area contributed by atoms with Gasteiger partial charge in [-0.05, 0) is 24.1 Å². The van der Waals surface area contributed by atoms with Crippen molar-refractivity contribution in [3.05, 3.63) is 29.8 Å². The van der Waals surface area contributed by atoms with E-state index < -0.39 is 0 Å². The Bertz CT molecular complexity index is 423. The van der Waals surface area contributed by atoms with Gasteiger partial charge in [0.25, 0.3) is 0 Å². The average Bonchev–Trinajstić information content (AvgIpc) is 2.28. The Labute approximate surface area is 101 Å². The van der Waals surface area contributed by atoms with Crippen molar-refractivity contribution in [3.63, 3.8) is 0 Å². The lowest BCUT2D eigenvalue weighted by Crippen LogP contribution is -2.27. The zero-order valence-corrected chi connectivity index (χ0v) is 10.2. The van der Waals surface area contributed by atoms with Crippen molar-refractivity contribution < 1.29 is 4.79 Å². The molecule has 1 unspecified atom stereocenters. The highest BCUT2D eigenvalue weighted by Gasteiger charge is 2.17. The van der Waals surface area contributed by atoms with E-state index in [1.807, 2.05) is 19.9 Å². The minimum atomic E-state index is -0.342. The lowest BCUT2D eigenvalue weighted by molar-refractivity contribution is -0.116. The number of nitriles is 1. The van der Waals surface area contributed by atoms with Crippen molar-refractivity contribution in [3.8, 4) is 6.07 Å². The van der Waals surface area contributed by atoms with E-state index in [-0.39, 0.29) is 17.1 Å². The van der Waals surface area contributed by atoms with Crippen LogP contribution >= 0.6 is 12.6 Å². The van der Waals surface area contributed by atoms with E-state index in [0.29, 0.717) is 11.3 Å². The van der Waals surface area contributed by atoms with Crippen LogP contribution in [0, 0.1) is 17.2 Å². The third-order valence-corrected chi connectivity index (χ3v) is 2.99. The van der Waals surface area contributed by atoms with Crippen molar-refractivity contribution in [2.75, 3.05) is 5.32 Å². The fraction of sp³-hybridized carbons (Fsp3) is 0.333. The maximum absolute atomic E-state index is 11.7. The molecule has 4 heteroatoms. The molecule has 0 aliphatic heterocycles. The molecular formula is C12H14N2OS. The van der Waals surface area contributed by atoms with E-state index in [1.165, 1.54) is 0 Å². The van der Waals surface area contributed by atoms with Crippen molar-refractivity contribution in [2.24, 2.45) is 5.92 Å². The molecule has 16 heavy (non-hydrogen) atoms. The fourth-order valence-corrected chi connectivity index (χ4v) is 1.25. The van der Waals surface area contributed by atoms with Gasteiger partial charge in [0.05, 0.1) is 16.9 Å². The maximum atomic E-state index is 11.7. The van der Waals surface area contributed by atoms with Crippen LogP contribution in [-0.2, 0) is 4.79 Å². The van der Waals surface area contributed by atoms with Gasteiger partial charge in [-0.25, -0.2) is 0 Å². The summed E-state index contributed by atoms with van der Waals surface area (Å²) in [6.45, 7) is 3.87. The molecule has 0 spiro atoms. The largest absolute Gasteiger partial charge is 0.325 e. The topological polar surface area (TPSA) is 52.9 Å². The van der Waals surface area contributed by atoms with Crippen LogP contribution in [0.1, 0.15) is 19.4 Å². The third-order valence-electron chi connectivity index (χ3n) is 2.16. The Morgan fingerprint density at radius 3 is 2.75 bits per heavy atom. The first-order chi connectivity index (χ1) is 7.54. The van der Waals surface area contributed by atoms with E-state index in [0.717, 1.165) is 0 Å². The summed E-state index contributed by atoms with van der Waals surface area (Å²) in [5.74, 6) is 0.0240. The van der Waals surface area contributed by atoms with Crippen molar-refractivity contribution in [2.45, 2.75) is 19.1 Å². The Morgan fingerprint density at radius 2 is 2.19 bits per heavy atom. The van der Waals surface area contributed by atoms with Crippen LogP contribution < -0.4 is 5.32 Å². The van der Waals surface area contributed by atoms with E-state index in [9.17, 15) is 4.79 Å². The smallest absolute Gasteiger partial charge is 0.237 e. The summed E-state index contributed by atoms with van der Waals surface area (Å²) in [5.41, 5.74) is 1.15. The highest BCUT2D eigenvalue weighted by Crippen LogP contribution is 2.14. The van der Waals surface area contributed by atoms with Gasteiger partial charge in [0.1, 0.15) is 0 Å². The first kappa shape index (κ1) is 12.6. The van der Waals surface area contributed by atoms with Crippen molar-refractivity contribution in [1.29, 1.82) is 5.26 Å². The highest BCUT2D eigenvalue weighted by molar-refractivity contribution is 7.81. The molecule has 1 rings (SSSR count). The molecule has 0 aliphatic carbocycles. The minimum Gasteiger partial charge on any atom is -0.325 e. The quantitative estimate of drug-likeness (QED) is 0.789. The van der Waals surface area contributed by atoms with Gasteiger partial charge in [0.2, 0.25) is 5.91 Å². The summed E-state index contributed by atoms with van der Waals surface area (Å²) in [5, 5.41) is 11.1. The second-order valence-electron chi connectivity index (χ2n) is 3.87. The van der Waals surface area contributed by atoms with Crippen LogP contribution in [0.25, 0.3) is 0 Å². The Kier molecular flexibility index (Phi) is 4.39. The van der Waals surface area contributed by atoms with Gasteiger partial charge < -0.3 is 5.32 Å². The zero-order valence-electron chi connectivity index (χ0n) is 9.27. The molecule has 1 N–H and O–H groups in total. The molecule has 3 nitrogen and oxygen atoms in total. The summed E-state index contributed by atoms with van der Waals surface area (Å²) in [6, 6.07) is 8.83. The molecule has 0 radical (unpaired) electrons. The number of thiol groups is 1. The van der Waals surface area contributed by atoms with Gasteiger partial charge in [-0.3, -0.25) is 4.79 Å². The summed E-state index contributed by atoms with van der Waals surface area (Å²) >= 11 is 4.22. The third kappa shape index (κ3) is 3.28. The minimum absolute atomic E-state index is 0.145. The number of benzene rings is 1. The lowest BCUT2D eigenvalue weighted by Gasteiger charge is -2.14. The van der Waals surface area contributed by atoms with Crippen molar-refractivity contribution in [1.82, 2.24) is 0 Å². The second kappa shape index (κ2) is 5.57. The summed E-state index contributed by atoms with van der Waals surface area (Å²) in [4.78, 5) is 11.7. The molecular weight excluding hydrogens is 220 g/mol. The van der Waals surface area contributed by atoms with Crippen LogP contribution in [0.5, 0.6) is 0 Å². The number of amides is 1. The highest BCUT2D eigenvalue weighted by atomic mass is 32.1. The van der Waals surface area contributed by atoms with E-state index in [2.05, 4.69) is 17.9 Å². The van der Waals surface area contributed by atoms with Gasteiger partial charge in [0.15, 0.2) is 0 Å². The second-order valence-corrected chi connectivity index (χ2v) is 4.43. The summed E-state index contributed by atoms with van der Waals surface area (Å²) in [7, 11) is 0. The van der Waals surface area contributed by atoms with Crippen LogP contribution in [0.15, 0.2) is 24.3 Å². The molecule has 0 fully saturated rings. The number of carbonyl (C=O) groups excluding carboxylic acids is 1. The molecule has 0 aliphatic rings. The molecule has 0 bridgehead atoms. The van der Waals surface area contributed by atoms with Gasteiger partial charge in [0, 0.05) is 5.69 Å². The SMILES string of the molecule is CC(C)C(S)C(=O)Nc1cccc(C#N)c1. The first-order valence-corrected chi connectivity index (χ1v) is 5.55. The summed E-state index contributed by atoms with van der Waals surface area (Å²) in [6.07, 6.45) is 0. The Morgan fingerprint density at radius 1 is 1.50 bits per heavy atom. The molecule has 1 aromatic carbocycles. The average molecular weight is 234 g/mol. The van der Waals surface area contributed by atoms with Gasteiger partial charge in [-0.1, -0.05) is 19.9 Å². The maximum Gasteiger partial charge on any atom is 0.237 e. The molecule has 84 valence electrons. The van der Waals surface area contributed by atoms with Crippen LogP contribution in [0.3, 0.4) is 0 Å². The lowest BCUT2D eigenvalue weighted by atomic mass is 10.1. The van der Waals surface area contributed by atoms with E-state index in [1.54, 1.807) is 24.3 Å². The molecule has 1 amide bonds. The Balaban J connectivity index is 2.74. The van der Waals surface area contributed by atoms with Gasteiger partial charge in [-0.15, -0.1) is 0 Å². The van der Waals surface area contributed by atoms with E-state index in [4.69, 9.17) is 5.26 Å². The van der Waals surface area contributed by atoms with Crippen LogP contribution in [0.4, 0.5) is 5.69 Å². The molecule has 1 aromatic rings. The van der Waals surface area contributed by atoms with Crippen molar-refractivity contribution >= 4 is 24.2 Å². The monoisotopic (exact) mass is 234 g/mol. The van der Waals surface area contributed by atoms with Crippen LogP contribution in [-0.4, -0.2) is 11.2 Å². The first-order valence-electron chi connectivity index (χ1n) is 5.03. The molecule has 0 saturated heterocycles. The number of carbonyl (C=O) groups is 1. The fourth-order valence-electron chi connectivity index (χ4n) is 1.19. The number of hydrogen-bond acceptors (Lipinski definition) is 3. The Hall–Kier alpha value is -1.47. The van der Waals surface area contributed by atoms with Gasteiger partial charge in [-0.2, -0.15) is 17.9 Å². The number of hydrogen-bond donors (Lipinski definition) is 2. The zero-order chi connectivity index (χ0) is 12.1. The number of rotatable bonds is 3. The van der Waals surface area contributed by atoms with Crippen LogP contribution in [0.2, 0.25) is 0 Å². The normalized spacial score (nSPS) is 11.9. The van der Waals surface area contributed by atoms with Gasteiger partial charge >= 0.3 is 0 Å².